The zero-order chi connectivity index (χ0) is 11.1. The van der Waals surface area contributed by atoms with Crippen LogP contribution < -0.4 is 0 Å². The van der Waals surface area contributed by atoms with Crippen molar-refractivity contribution < 1.29 is 0 Å². The van der Waals surface area contributed by atoms with Gasteiger partial charge < -0.3 is 4.98 Å². The second kappa shape index (κ2) is 3.22. The van der Waals surface area contributed by atoms with Gasteiger partial charge in [0.2, 0.25) is 0 Å². The molecule has 0 aliphatic rings. The van der Waals surface area contributed by atoms with Crippen molar-refractivity contribution in [3.8, 4) is 6.07 Å². The number of nitrogens with zero attached hydrogens (tertiary/aromatic N) is 2. The lowest BCUT2D eigenvalue weighted by Crippen LogP contribution is -1.83. The van der Waals surface area contributed by atoms with Crippen molar-refractivity contribution in [3.05, 3.63) is 41.2 Å². The zero-order valence-electron chi connectivity index (χ0n) is 8.16. The van der Waals surface area contributed by atoms with Crippen LogP contribution in [0.15, 0.2) is 30.5 Å². The van der Waals surface area contributed by atoms with Gasteiger partial charge in [0, 0.05) is 22.5 Å². The number of pyridine rings is 1. The van der Waals surface area contributed by atoms with Gasteiger partial charge in [-0.05, 0) is 6.07 Å². The van der Waals surface area contributed by atoms with E-state index in [1.165, 1.54) is 0 Å². The molecular formula is C12H6ClN3. The second-order valence-corrected chi connectivity index (χ2v) is 3.85. The van der Waals surface area contributed by atoms with Crippen molar-refractivity contribution in [2.75, 3.05) is 0 Å². The first kappa shape index (κ1) is 9.20. The molecule has 3 nitrogen and oxygen atoms in total. The van der Waals surface area contributed by atoms with Crippen LogP contribution >= 0.6 is 11.6 Å². The molecule has 2 aromatic heterocycles. The fourth-order valence-electron chi connectivity index (χ4n) is 1.89. The number of halogens is 1. The van der Waals surface area contributed by atoms with Crippen molar-refractivity contribution >= 4 is 33.4 Å². The van der Waals surface area contributed by atoms with Crippen LogP contribution in [-0.2, 0) is 0 Å². The molecule has 0 unspecified atom stereocenters. The maximum atomic E-state index is 9.05. The lowest BCUT2D eigenvalue weighted by atomic mass is 10.1. The molecule has 1 aromatic carbocycles. The maximum Gasteiger partial charge on any atom is 0.148 e. The minimum Gasteiger partial charge on any atom is -0.353 e. The summed E-state index contributed by atoms with van der Waals surface area (Å²) in [6.07, 6.45) is 1.69. The van der Waals surface area contributed by atoms with Crippen molar-refractivity contribution in [2.45, 2.75) is 0 Å². The van der Waals surface area contributed by atoms with Gasteiger partial charge in [-0.1, -0.05) is 29.8 Å². The van der Waals surface area contributed by atoms with Gasteiger partial charge in [-0.15, -0.1) is 0 Å². The number of rotatable bonds is 0. The van der Waals surface area contributed by atoms with Crippen LogP contribution in [0.4, 0.5) is 0 Å². The van der Waals surface area contributed by atoms with E-state index in [2.05, 4.69) is 16.0 Å². The Kier molecular flexibility index (Phi) is 1.85. The first-order chi connectivity index (χ1) is 7.81. The first-order valence-electron chi connectivity index (χ1n) is 4.76. The van der Waals surface area contributed by atoms with E-state index in [4.69, 9.17) is 16.9 Å². The van der Waals surface area contributed by atoms with Gasteiger partial charge in [0.15, 0.2) is 0 Å². The molecule has 0 aliphatic carbocycles. The molecule has 3 rings (SSSR count). The van der Waals surface area contributed by atoms with Crippen LogP contribution in [0.2, 0.25) is 5.15 Å². The molecule has 0 bridgehead atoms. The fourth-order valence-corrected chi connectivity index (χ4v) is 2.07. The predicted molar refractivity (Wildman–Crippen MR) is 63.3 cm³/mol. The average Bonchev–Trinajstić information content (AvgIpc) is 2.67. The molecule has 1 N–H and O–H groups in total. The average molecular weight is 228 g/mol. The summed E-state index contributed by atoms with van der Waals surface area (Å²) in [7, 11) is 0. The number of hydrogen-bond donors (Lipinski definition) is 1. The van der Waals surface area contributed by atoms with E-state index >= 15 is 0 Å². The van der Waals surface area contributed by atoms with Crippen molar-refractivity contribution in [3.63, 3.8) is 0 Å². The molecule has 0 saturated carbocycles. The molecule has 76 valence electrons. The lowest BCUT2D eigenvalue weighted by Gasteiger charge is -1.95. The van der Waals surface area contributed by atoms with Crippen molar-refractivity contribution in [1.29, 1.82) is 5.26 Å². The Balaban J connectivity index is 2.60. The monoisotopic (exact) mass is 227 g/mol. The minimum absolute atomic E-state index is 0.238. The van der Waals surface area contributed by atoms with Crippen LogP contribution in [0.1, 0.15) is 5.56 Å². The number of nitrogens with one attached hydrogen (secondary N) is 1. The Bertz CT molecular complexity index is 737. The molecule has 2 heterocycles. The second-order valence-electron chi connectivity index (χ2n) is 3.50. The smallest absolute Gasteiger partial charge is 0.148 e. The molecule has 3 aromatic rings. The number of H-pyrrole nitrogens is 1. The largest absolute Gasteiger partial charge is 0.353 e. The standard InChI is InChI=1S/C12H6ClN3/c13-12-8(5-14)11-9(6-15-12)7-3-1-2-4-10(7)16-11/h1-4,6,16H. The Hall–Kier alpha value is -2.05. The van der Waals surface area contributed by atoms with E-state index in [-0.39, 0.29) is 5.15 Å². The number of hydrogen-bond acceptors (Lipinski definition) is 2. The van der Waals surface area contributed by atoms with Gasteiger partial charge in [0.05, 0.1) is 5.52 Å². The summed E-state index contributed by atoms with van der Waals surface area (Å²) in [4.78, 5) is 7.21. The van der Waals surface area contributed by atoms with E-state index in [9.17, 15) is 0 Å². The normalized spacial score (nSPS) is 10.8. The summed E-state index contributed by atoms with van der Waals surface area (Å²) in [5.41, 5.74) is 2.14. The van der Waals surface area contributed by atoms with E-state index < -0.39 is 0 Å². The predicted octanol–water partition coefficient (Wildman–Crippen LogP) is 3.24. The van der Waals surface area contributed by atoms with Crippen LogP contribution in [0, 0.1) is 11.3 Å². The third kappa shape index (κ3) is 1.11. The summed E-state index contributed by atoms with van der Waals surface area (Å²) in [6.45, 7) is 0. The molecule has 0 radical (unpaired) electrons. The number of aromatic nitrogens is 2. The number of para-hydroxylation sites is 1. The molecule has 0 spiro atoms. The van der Waals surface area contributed by atoms with Crippen LogP contribution in [0.5, 0.6) is 0 Å². The summed E-state index contributed by atoms with van der Waals surface area (Å²) in [5, 5.41) is 11.3. The first-order valence-corrected chi connectivity index (χ1v) is 5.14. The lowest BCUT2D eigenvalue weighted by molar-refractivity contribution is 1.33. The topological polar surface area (TPSA) is 52.5 Å². The Labute approximate surface area is 96.3 Å². The highest BCUT2D eigenvalue weighted by Crippen LogP contribution is 2.29. The highest BCUT2D eigenvalue weighted by atomic mass is 35.5. The third-order valence-corrected chi connectivity index (χ3v) is 2.91. The van der Waals surface area contributed by atoms with Crippen molar-refractivity contribution in [1.82, 2.24) is 9.97 Å². The molecule has 0 atom stereocenters. The molecule has 0 saturated heterocycles. The van der Waals surface area contributed by atoms with E-state index in [1.54, 1.807) is 6.20 Å². The summed E-state index contributed by atoms with van der Waals surface area (Å²) < 4.78 is 0. The minimum atomic E-state index is 0.238. The maximum absolute atomic E-state index is 9.05. The van der Waals surface area contributed by atoms with E-state index in [1.807, 2.05) is 24.3 Å². The van der Waals surface area contributed by atoms with Gasteiger partial charge in [0.25, 0.3) is 0 Å². The van der Waals surface area contributed by atoms with E-state index in [0.717, 1.165) is 21.8 Å². The number of aromatic amines is 1. The van der Waals surface area contributed by atoms with Gasteiger partial charge in [-0.3, -0.25) is 0 Å². The van der Waals surface area contributed by atoms with Gasteiger partial charge in [-0.2, -0.15) is 5.26 Å². The highest BCUT2D eigenvalue weighted by molar-refractivity contribution is 6.31. The van der Waals surface area contributed by atoms with Gasteiger partial charge >= 0.3 is 0 Å². The third-order valence-electron chi connectivity index (χ3n) is 2.62. The zero-order valence-corrected chi connectivity index (χ0v) is 8.92. The van der Waals surface area contributed by atoms with Crippen molar-refractivity contribution in [2.24, 2.45) is 0 Å². The summed E-state index contributed by atoms with van der Waals surface area (Å²) in [5.74, 6) is 0. The molecule has 16 heavy (non-hydrogen) atoms. The molecule has 0 fully saturated rings. The fraction of sp³-hybridized carbons (Fsp3) is 0. The highest BCUT2D eigenvalue weighted by Gasteiger charge is 2.11. The number of fused-ring (bicyclic) bond motifs is 3. The van der Waals surface area contributed by atoms with Crippen LogP contribution in [0.3, 0.4) is 0 Å². The molecule has 4 heteroatoms. The van der Waals surface area contributed by atoms with Gasteiger partial charge in [-0.25, -0.2) is 4.98 Å². The summed E-state index contributed by atoms with van der Waals surface area (Å²) in [6, 6.07) is 9.93. The summed E-state index contributed by atoms with van der Waals surface area (Å²) >= 11 is 5.88. The molecular weight excluding hydrogens is 222 g/mol. The van der Waals surface area contributed by atoms with Crippen LogP contribution in [-0.4, -0.2) is 9.97 Å². The Morgan fingerprint density at radius 1 is 1.25 bits per heavy atom. The molecule has 0 amide bonds. The molecule has 0 aliphatic heterocycles. The Morgan fingerprint density at radius 3 is 2.88 bits per heavy atom. The van der Waals surface area contributed by atoms with Crippen LogP contribution in [0.25, 0.3) is 21.8 Å². The quantitative estimate of drug-likeness (QED) is 0.600. The number of nitriles is 1. The van der Waals surface area contributed by atoms with E-state index in [0.29, 0.717) is 5.56 Å². The Morgan fingerprint density at radius 2 is 2.06 bits per heavy atom. The SMILES string of the molecule is N#Cc1c(Cl)ncc2c1[nH]c1ccccc12. The number of benzene rings is 1. The van der Waals surface area contributed by atoms with Gasteiger partial charge in [0.1, 0.15) is 16.8 Å².